The summed E-state index contributed by atoms with van der Waals surface area (Å²) in [5.41, 5.74) is 0.159. The lowest BCUT2D eigenvalue weighted by molar-refractivity contribution is -0.161. The average Bonchev–Trinajstić information content (AvgIpc) is 3.43. The van der Waals surface area contributed by atoms with Crippen molar-refractivity contribution >= 4 is 17.8 Å². The molecule has 1 saturated heterocycles. The predicted octanol–water partition coefficient (Wildman–Crippen LogP) is 1.16. The third-order valence-corrected chi connectivity index (χ3v) is 5.03. The van der Waals surface area contributed by atoms with Gasteiger partial charge in [0.25, 0.3) is 0 Å². The molecule has 6 nitrogen and oxygen atoms in total. The molecule has 0 unspecified atom stereocenters. The summed E-state index contributed by atoms with van der Waals surface area (Å²) >= 11 is 0. The Kier molecular flexibility index (Phi) is 4.61. The van der Waals surface area contributed by atoms with Crippen molar-refractivity contribution < 1.29 is 19.1 Å². The number of rotatable bonds is 5. The molecule has 0 aromatic heterocycles. The second-order valence-electron chi connectivity index (χ2n) is 6.45. The molecule has 1 aliphatic heterocycles. The first-order valence-corrected chi connectivity index (χ1v) is 8.40. The molecule has 1 aromatic carbocycles. The average molecular weight is 342 g/mol. The smallest absolute Gasteiger partial charge is 0.328 e. The highest BCUT2D eigenvalue weighted by Crippen LogP contribution is 2.46. The van der Waals surface area contributed by atoms with Gasteiger partial charge in [-0.05, 0) is 24.5 Å². The van der Waals surface area contributed by atoms with Crippen molar-refractivity contribution in [3.8, 4) is 0 Å². The summed E-state index contributed by atoms with van der Waals surface area (Å²) in [7, 11) is 1.33. The Morgan fingerprint density at radius 3 is 2.52 bits per heavy atom. The van der Waals surface area contributed by atoms with Crippen LogP contribution in [0.25, 0.3) is 0 Å². The molecular formula is C19H22N2O4. The maximum Gasteiger partial charge on any atom is 0.328 e. The summed E-state index contributed by atoms with van der Waals surface area (Å²) in [4.78, 5) is 40.7. The van der Waals surface area contributed by atoms with Gasteiger partial charge in [-0.2, -0.15) is 0 Å². The number of benzene rings is 1. The molecular weight excluding hydrogens is 320 g/mol. The number of nitrogens with zero attached hydrogens (tertiary/aromatic N) is 2. The number of amides is 2. The zero-order chi connectivity index (χ0) is 18.0. The molecule has 1 atom stereocenters. The van der Waals surface area contributed by atoms with Crippen LogP contribution in [0.2, 0.25) is 0 Å². The molecule has 0 radical (unpaired) electrons. The maximum atomic E-state index is 13.1. The van der Waals surface area contributed by atoms with Gasteiger partial charge >= 0.3 is 5.97 Å². The van der Waals surface area contributed by atoms with Crippen LogP contribution >= 0.6 is 0 Å². The van der Waals surface area contributed by atoms with Crippen LogP contribution in [-0.4, -0.2) is 59.4 Å². The highest BCUT2D eigenvalue weighted by Gasteiger charge is 2.60. The third-order valence-electron chi connectivity index (χ3n) is 5.03. The van der Waals surface area contributed by atoms with E-state index in [-0.39, 0.29) is 11.8 Å². The fraction of sp³-hybridized carbons (Fsp3) is 0.421. The van der Waals surface area contributed by atoms with Gasteiger partial charge in [-0.25, -0.2) is 4.79 Å². The van der Waals surface area contributed by atoms with Crippen molar-refractivity contribution in [2.45, 2.75) is 30.8 Å². The number of carbonyl (C=O) groups is 3. The molecule has 2 amide bonds. The molecule has 0 N–H and O–H groups in total. The van der Waals surface area contributed by atoms with Crippen LogP contribution in [0.15, 0.2) is 43.0 Å². The third kappa shape index (κ3) is 3.04. The summed E-state index contributed by atoms with van der Waals surface area (Å²) in [5.74, 6) is -0.833. The quantitative estimate of drug-likeness (QED) is 0.595. The standard InChI is InChI=1S/C19H22N2O4/c1-3-16(22)21-12-11-20(18(24)19(21)9-10-19)15(17(23)25-2)13-14-7-5-4-6-8-14/h3-8,15H,1,9-13H2,2H3/t15-/m0/s1. The molecule has 132 valence electrons. The topological polar surface area (TPSA) is 66.9 Å². The van der Waals surface area contributed by atoms with E-state index in [0.717, 1.165) is 5.56 Å². The first-order valence-electron chi connectivity index (χ1n) is 8.40. The van der Waals surface area contributed by atoms with Gasteiger partial charge in [0.05, 0.1) is 7.11 Å². The molecule has 2 aliphatic rings. The van der Waals surface area contributed by atoms with Crippen LogP contribution in [0.4, 0.5) is 0 Å². The SMILES string of the molecule is C=CC(=O)N1CCN([C@@H](Cc2ccccc2)C(=O)OC)C(=O)C12CC2. The Morgan fingerprint density at radius 1 is 1.28 bits per heavy atom. The van der Waals surface area contributed by atoms with E-state index < -0.39 is 17.6 Å². The molecule has 1 heterocycles. The van der Waals surface area contributed by atoms with E-state index in [4.69, 9.17) is 4.74 Å². The van der Waals surface area contributed by atoms with Gasteiger partial charge in [0.15, 0.2) is 0 Å². The van der Waals surface area contributed by atoms with Crippen molar-refractivity contribution in [3.05, 3.63) is 48.6 Å². The van der Waals surface area contributed by atoms with Crippen LogP contribution < -0.4 is 0 Å². The minimum atomic E-state index is -0.799. The van der Waals surface area contributed by atoms with E-state index in [1.807, 2.05) is 30.3 Å². The number of hydrogen-bond acceptors (Lipinski definition) is 4. The first kappa shape index (κ1) is 17.2. The van der Waals surface area contributed by atoms with Gasteiger partial charge in [-0.1, -0.05) is 36.9 Å². The van der Waals surface area contributed by atoms with Crippen LogP contribution in [0.5, 0.6) is 0 Å². The fourth-order valence-electron chi connectivity index (χ4n) is 3.53. The first-order chi connectivity index (χ1) is 12.0. The predicted molar refractivity (Wildman–Crippen MR) is 91.5 cm³/mol. The van der Waals surface area contributed by atoms with Crippen LogP contribution in [0.3, 0.4) is 0 Å². The molecule has 6 heteroatoms. The monoisotopic (exact) mass is 342 g/mol. The molecule has 1 aliphatic carbocycles. The van der Waals surface area contributed by atoms with E-state index in [2.05, 4.69) is 6.58 Å². The van der Waals surface area contributed by atoms with Gasteiger partial charge < -0.3 is 14.5 Å². The molecule has 25 heavy (non-hydrogen) atoms. The highest BCUT2D eigenvalue weighted by molar-refractivity contribution is 5.99. The van der Waals surface area contributed by atoms with E-state index in [1.165, 1.54) is 13.2 Å². The lowest BCUT2D eigenvalue weighted by Gasteiger charge is -2.43. The number of piperazine rings is 1. The maximum absolute atomic E-state index is 13.1. The number of carbonyl (C=O) groups excluding carboxylic acids is 3. The Bertz CT molecular complexity index is 697. The minimum absolute atomic E-state index is 0.166. The molecule has 1 aromatic rings. The van der Waals surface area contributed by atoms with E-state index in [0.29, 0.717) is 32.4 Å². The van der Waals surface area contributed by atoms with Gasteiger partial charge in [0, 0.05) is 19.5 Å². The number of methoxy groups -OCH3 is 1. The van der Waals surface area contributed by atoms with Crippen molar-refractivity contribution in [2.75, 3.05) is 20.2 Å². The molecule has 1 saturated carbocycles. The highest BCUT2D eigenvalue weighted by atomic mass is 16.5. The summed E-state index contributed by atoms with van der Waals surface area (Å²) in [6, 6.07) is 8.86. The summed E-state index contributed by atoms with van der Waals surface area (Å²) in [5, 5.41) is 0. The van der Waals surface area contributed by atoms with Crippen molar-refractivity contribution in [2.24, 2.45) is 0 Å². The zero-order valence-corrected chi connectivity index (χ0v) is 14.3. The Hall–Kier alpha value is -2.63. The molecule has 0 bridgehead atoms. The van der Waals surface area contributed by atoms with Gasteiger partial charge in [-0.3, -0.25) is 9.59 Å². The van der Waals surface area contributed by atoms with Gasteiger partial charge in [0.2, 0.25) is 11.8 Å². The van der Waals surface area contributed by atoms with Crippen LogP contribution in [0, 0.1) is 0 Å². The largest absolute Gasteiger partial charge is 0.467 e. The summed E-state index contributed by atoms with van der Waals surface area (Å²) in [6.45, 7) is 4.23. The van der Waals surface area contributed by atoms with Crippen LogP contribution in [0.1, 0.15) is 18.4 Å². The number of esters is 1. The van der Waals surface area contributed by atoms with E-state index in [9.17, 15) is 14.4 Å². The summed E-state index contributed by atoms with van der Waals surface area (Å²) < 4.78 is 4.94. The number of hydrogen-bond donors (Lipinski definition) is 0. The lowest BCUT2D eigenvalue weighted by atomic mass is 10.0. The van der Waals surface area contributed by atoms with Gasteiger partial charge in [-0.15, -0.1) is 0 Å². The summed E-state index contributed by atoms with van der Waals surface area (Å²) in [6.07, 6.45) is 2.89. The van der Waals surface area contributed by atoms with Crippen molar-refractivity contribution in [1.82, 2.24) is 9.80 Å². The van der Waals surface area contributed by atoms with Crippen molar-refractivity contribution in [3.63, 3.8) is 0 Å². The Morgan fingerprint density at radius 2 is 1.96 bits per heavy atom. The lowest BCUT2D eigenvalue weighted by Crippen LogP contribution is -2.64. The fourth-order valence-corrected chi connectivity index (χ4v) is 3.53. The zero-order valence-electron chi connectivity index (χ0n) is 14.3. The Balaban J connectivity index is 1.85. The van der Waals surface area contributed by atoms with E-state index >= 15 is 0 Å². The second-order valence-corrected chi connectivity index (χ2v) is 6.45. The Labute approximate surface area is 147 Å². The second kappa shape index (κ2) is 6.70. The number of ether oxygens (including phenoxy) is 1. The molecule has 3 rings (SSSR count). The molecule has 2 fully saturated rings. The van der Waals surface area contributed by atoms with Gasteiger partial charge in [0.1, 0.15) is 11.6 Å². The normalized spacial score (nSPS) is 19.5. The molecule has 1 spiro atoms. The minimum Gasteiger partial charge on any atom is -0.467 e. The van der Waals surface area contributed by atoms with E-state index in [1.54, 1.807) is 9.80 Å². The van der Waals surface area contributed by atoms with Crippen LogP contribution in [-0.2, 0) is 25.5 Å². The van der Waals surface area contributed by atoms with Crippen molar-refractivity contribution in [1.29, 1.82) is 0 Å².